The van der Waals surface area contributed by atoms with Crippen molar-refractivity contribution in [1.29, 1.82) is 0 Å². The van der Waals surface area contributed by atoms with Crippen molar-refractivity contribution in [3.05, 3.63) is 161 Å². The molecule has 2 aliphatic rings. The maximum Gasteiger partial charge on any atom is 0.338 e. The number of hydrogen-bond donors (Lipinski definition) is 6. The number of fused-ring (bicyclic) bond motifs is 2. The molecule has 0 fully saturated rings. The van der Waals surface area contributed by atoms with Gasteiger partial charge in [0.15, 0.2) is 5.71 Å². The van der Waals surface area contributed by atoms with Crippen LogP contribution in [0.15, 0.2) is 149 Å². The van der Waals surface area contributed by atoms with E-state index in [0.29, 0.717) is 82.8 Å². The highest BCUT2D eigenvalue weighted by Gasteiger charge is 2.49. The number of amides is 2. The number of carbonyl (C=O) groups excluding carboxylic acids is 3. The lowest BCUT2D eigenvalue weighted by Crippen LogP contribution is -2.35. The normalized spacial score (nSPS) is 17.2. The predicted octanol–water partition coefficient (Wildman–Crippen LogP) is 6.42. The summed E-state index contributed by atoms with van der Waals surface area (Å²) in [5.41, 5.74) is 1.25. The molecule has 0 saturated carbocycles. The van der Waals surface area contributed by atoms with E-state index in [1.165, 1.54) is 43.5 Å². The lowest BCUT2D eigenvalue weighted by atomic mass is 9.75. The average Bonchev–Trinajstić information content (AvgIpc) is 1.62. The van der Waals surface area contributed by atoms with Gasteiger partial charge in [0.05, 0.1) is 72.4 Å². The number of esters is 1. The van der Waals surface area contributed by atoms with Crippen LogP contribution in [0.4, 0.5) is 11.4 Å². The van der Waals surface area contributed by atoms with Crippen LogP contribution >= 0.6 is 7.92 Å². The molecule has 0 saturated heterocycles. The number of nitrogens with zero attached hydrogens (tertiary/aromatic N) is 2. The summed E-state index contributed by atoms with van der Waals surface area (Å²) in [7, 11) is -16.8. The molecule has 23 nitrogen and oxygen atoms in total. The van der Waals surface area contributed by atoms with Crippen molar-refractivity contribution in [3.63, 3.8) is 0 Å². The van der Waals surface area contributed by atoms with Crippen LogP contribution in [-0.4, -0.2) is 165 Å². The Morgan fingerprint density at radius 2 is 1.20 bits per heavy atom. The molecule has 5 aromatic rings. The number of rotatable bonds is 35. The molecule has 0 spiro atoms. The molecule has 7 rings (SSSR count). The van der Waals surface area contributed by atoms with E-state index in [1.54, 1.807) is 57.4 Å². The Bertz CT molecular complexity index is 3940. The number of benzene rings is 5. The summed E-state index contributed by atoms with van der Waals surface area (Å²) in [6.07, 6.45) is 6.66. The molecule has 6 N–H and O–H groups in total. The van der Waals surface area contributed by atoms with Gasteiger partial charge < -0.3 is 34.5 Å². The smallest absolute Gasteiger partial charge is 0.338 e. The highest BCUT2D eigenvalue weighted by Crippen LogP contribution is 2.52. The van der Waals surface area contributed by atoms with E-state index in [0.717, 1.165) is 10.6 Å². The Hall–Kier alpha value is -6.59. The third kappa shape index (κ3) is 19.3. The molecule has 5 aromatic carbocycles. The minimum Gasteiger partial charge on any atom is -0.465 e. The van der Waals surface area contributed by atoms with E-state index in [4.69, 9.17) is 18.9 Å². The van der Waals surface area contributed by atoms with E-state index in [9.17, 15) is 66.3 Å². The fourth-order valence-electron chi connectivity index (χ4n) is 11.5. The van der Waals surface area contributed by atoms with Crippen molar-refractivity contribution in [2.75, 3.05) is 89.8 Å². The molecule has 28 heteroatoms. The SMILES string of the molecule is COCCOCCOCCN1C(=CC=CC2=[N+](CCCCCC(=O)NCCNC(=O)c3ccc(C(=O)OC)c(P(c4ccccc4)c4ccccc4)c3)c3ccc(S(=O)(=O)O)cc3C2(C)CCCS(=O)(=O)O)C(C)(CCCS(=O)(=O)O)c2cc(S(=O)(=O)O)ccc21. The zero-order chi connectivity index (χ0) is 66.2. The second-order valence-corrected chi connectivity index (χ2v) is 30.4. The average molecular weight is 1350 g/mol. The number of allylic oxidation sites excluding steroid dienone is 4. The van der Waals surface area contributed by atoms with Gasteiger partial charge in [-0.3, -0.25) is 27.8 Å². The largest absolute Gasteiger partial charge is 0.465 e. The van der Waals surface area contributed by atoms with Gasteiger partial charge in [0, 0.05) is 85.0 Å². The van der Waals surface area contributed by atoms with Crippen molar-refractivity contribution in [3.8, 4) is 0 Å². The molecule has 0 bridgehead atoms. The summed E-state index contributed by atoms with van der Waals surface area (Å²) in [6, 6.07) is 32.4. The third-order valence-corrected chi connectivity index (χ3v) is 21.7. The standard InChI is InChI=1S/C63H77N4O19PS4/c1-62(30-15-41-88(71,72)73)52-44-49(90(77,78)79)25-28-54(52)66(57(62)21-14-22-58-63(2,31-16-42-89(74,75)76)53-45-50(91(80,81)82)26-29-55(53)67(58)35-36-85-39-40-86-38-37-83-3)34-13-7-12-23-59(68)64-32-33-65-60(69)46-24-27-51(61(70)84-4)56(43-46)87(47-17-8-5-9-18-47)48-19-10-6-11-20-48/h5-6,8-11,14,17-22,24-29,43-45H,7,12-13,15-16,23,30-42H2,1-4H3,(H5-,64,65,68,69,71,72,73,74,75,76,77,78,79,80,81,82)/p+1. The van der Waals surface area contributed by atoms with Crippen LogP contribution in [0.3, 0.4) is 0 Å². The summed E-state index contributed by atoms with van der Waals surface area (Å²) in [5.74, 6) is -2.48. The van der Waals surface area contributed by atoms with E-state index in [2.05, 4.69) is 10.6 Å². The van der Waals surface area contributed by atoms with Gasteiger partial charge in [0.2, 0.25) is 11.6 Å². The van der Waals surface area contributed by atoms with Crippen LogP contribution in [-0.2, 0) is 75.0 Å². The van der Waals surface area contributed by atoms with Crippen LogP contribution in [0.2, 0.25) is 0 Å². The topological polar surface area (TPSA) is 336 Å². The minimum atomic E-state index is -4.76. The van der Waals surface area contributed by atoms with Crippen LogP contribution in [0.5, 0.6) is 0 Å². The number of unbranched alkanes of at least 4 members (excludes halogenated alkanes) is 2. The number of nitrogens with one attached hydrogen (secondary N) is 2. The van der Waals surface area contributed by atoms with Crippen molar-refractivity contribution >= 4 is 99.2 Å². The monoisotopic (exact) mass is 1350 g/mol. The van der Waals surface area contributed by atoms with Gasteiger partial charge in [-0.2, -0.15) is 38.2 Å². The Morgan fingerprint density at radius 3 is 1.79 bits per heavy atom. The summed E-state index contributed by atoms with van der Waals surface area (Å²) >= 11 is 0. The number of hydrogen-bond acceptors (Lipinski definition) is 16. The van der Waals surface area contributed by atoms with Crippen LogP contribution < -0.4 is 31.4 Å². The Morgan fingerprint density at radius 1 is 0.626 bits per heavy atom. The van der Waals surface area contributed by atoms with Crippen LogP contribution in [0.25, 0.3) is 0 Å². The quantitative estimate of drug-likeness (QED) is 0.00837. The Kier molecular flexibility index (Phi) is 25.1. The first-order valence-electron chi connectivity index (χ1n) is 29.4. The molecule has 2 heterocycles. The van der Waals surface area contributed by atoms with E-state index >= 15 is 0 Å². The first kappa shape index (κ1) is 71.8. The molecular formula is C63H78N4O19PS4+. The van der Waals surface area contributed by atoms with E-state index in [-0.39, 0.29) is 84.0 Å². The predicted molar refractivity (Wildman–Crippen MR) is 347 cm³/mol. The van der Waals surface area contributed by atoms with Gasteiger partial charge in [0.25, 0.3) is 46.4 Å². The molecule has 2 aliphatic heterocycles. The summed E-state index contributed by atoms with van der Waals surface area (Å²) in [4.78, 5) is 41.0. The van der Waals surface area contributed by atoms with Crippen LogP contribution in [0, 0.1) is 0 Å². The molecule has 0 aliphatic carbocycles. The zero-order valence-electron chi connectivity index (χ0n) is 51.0. The maximum absolute atomic E-state index is 13.6. The number of carbonyl (C=O) groups is 3. The Balaban J connectivity index is 1.12. The molecular weight excluding hydrogens is 1280 g/mol. The highest BCUT2D eigenvalue weighted by molar-refractivity contribution is 7.86. The number of anilines is 1. The zero-order valence-corrected chi connectivity index (χ0v) is 55.2. The van der Waals surface area contributed by atoms with Gasteiger partial charge in [-0.25, -0.2) is 4.79 Å². The number of ether oxygens (including phenoxy) is 4. The van der Waals surface area contributed by atoms with Crippen molar-refractivity contribution in [2.24, 2.45) is 0 Å². The van der Waals surface area contributed by atoms with Gasteiger partial charge in [0.1, 0.15) is 6.54 Å². The second-order valence-electron chi connectivity index (χ2n) is 22.2. The maximum atomic E-state index is 13.6. The van der Waals surface area contributed by atoms with E-state index < -0.39 is 92.4 Å². The lowest BCUT2D eigenvalue weighted by Gasteiger charge is -2.30. The van der Waals surface area contributed by atoms with Gasteiger partial charge in [-0.1, -0.05) is 66.7 Å². The summed E-state index contributed by atoms with van der Waals surface area (Å²) in [6.45, 7) is 5.56. The molecule has 2 amide bonds. The van der Waals surface area contributed by atoms with Gasteiger partial charge >= 0.3 is 5.97 Å². The Labute approximate surface area is 533 Å². The van der Waals surface area contributed by atoms with Crippen LogP contribution in [0.1, 0.15) is 97.1 Å². The summed E-state index contributed by atoms with van der Waals surface area (Å²) < 4.78 is 163. The van der Waals surface area contributed by atoms with Crippen molar-refractivity contribution < 1.29 is 89.8 Å². The van der Waals surface area contributed by atoms with Gasteiger partial charge in [-0.15, -0.1) is 0 Å². The molecule has 2 unspecified atom stereocenters. The first-order valence-corrected chi connectivity index (χ1v) is 36.8. The highest BCUT2D eigenvalue weighted by atomic mass is 32.2. The molecule has 91 heavy (non-hydrogen) atoms. The first-order chi connectivity index (χ1) is 43.1. The van der Waals surface area contributed by atoms with Crippen molar-refractivity contribution in [1.82, 2.24) is 10.6 Å². The van der Waals surface area contributed by atoms with Crippen molar-refractivity contribution in [2.45, 2.75) is 85.8 Å². The minimum absolute atomic E-state index is 0.0460. The fraction of sp³-hybridized carbons (Fsp3) is 0.397. The molecule has 0 aromatic heterocycles. The summed E-state index contributed by atoms with van der Waals surface area (Å²) in [5, 5.41) is 8.28. The van der Waals surface area contributed by atoms with Gasteiger partial charge in [-0.05, 0) is 131 Å². The third-order valence-electron chi connectivity index (χ3n) is 15.9. The van der Waals surface area contributed by atoms with E-state index in [1.807, 2.05) is 70.1 Å². The second kappa shape index (κ2) is 31.8. The molecule has 0 radical (unpaired) electrons. The lowest BCUT2D eigenvalue weighted by molar-refractivity contribution is -0.438. The molecule has 492 valence electrons. The molecule has 2 atom stereocenters. The number of methoxy groups -OCH3 is 2. The fourth-order valence-corrected chi connectivity index (χ4v) is 16.0.